The third kappa shape index (κ3) is 2.04. The van der Waals surface area contributed by atoms with Gasteiger partial charge in [-0.2, -0.15) is 0 Å². The molecule has 0 aliphatic carbocycles. The molecule has 0 bridgehead atoms. The van der Waals surface area contributed by atoms with Crippen LogP contribution in [0.5, 0.6) is 0 Å². The first-order valence-corrected chi connectivity index (χ1v) is 5.62. The highest BCUT2D eigenvalue weighted by Crippen LogP contribution is 2.20. The van der Waals surface area contributed by atoms with Crippen molar-refractivity contribution in [3.05, 3.63) is 40.2 Å². The number of hydrogen-bond donors (Lipinski definition) is 2. The Labute approximate surface area is 97.1 Å². The Bertz CT molecular complexity index is 521. The number of nitrogens with zero attached hydrogens (tertiary/aromatic N) is 1. The van der Waals surface area contributed by atoms with E-state index in [4.69, 9.17) is 5.73 Å². The maximum Gasteiger partial charge on any atom is 0.269 e. The normalized spacial score (nSPS) is 10.1. The van der Waals surface area contributed by atoms with Crippen LogP contribution < -0.4 is 11.1 Å². The maximum atomic E-state index is 11.8. The molecule has 0 saturated heterocycles. The largest absolute Gasteiger partial charge is 0.397 e. The molecule has 2 aromatic heterocycles. The van der Waals surface area contributed by atoms with Gasteiger partial charge in [-0.25, -0.2) is 4.98 Å². The van der Waals surface area contributed by atoms with Crippen LogP contribution in [0.15, 0.2) is 29.8 Å². The topological polar surface area (TPSA) is 68.0 Å². The lowest BCUT2D eigenvalue weighted by Crippen LogP contribution is -2.13. The van der Waals surface area contributed by atoms with Crippen molar-refractivity contribution in [1.82, 2.24) is 4.98 Å². The minimum Gasteiger partial charge on any atom is -0.397 e. The standard InChI is InChI=1S/C11H11N3OS/c1-7-3-2-5-13-10(7)14-11(15)9-8(12)4-6-16-9/h2-6H,12H2,1H3,(H,13,14,15). The molecule has 1 amide bonds. The lowest BCUT2D eigenvalue weighted by atomic mass is 10.3. The molecule has 82 valence electrons. The molecule has 0 spiro atoms. The van der Waals surface area contributed by atoms with Gasteiger partial charge in [-0.15, -0.1) is 11.3 Å². The Morgan fingerprint density at radius 3 is 2.94 bits per heavy atom. The average Bonchev–Trinajstić information content (AvgIpc) is 2.68. The van der Waals surface area contributed by atoms with Gasteiger partial charge < -0.3 is 11.1 Å². The van der Waals surface area contributed by atoms with E-state index >= 15 is 0 Å². The molecular formula is C11H11N3OS. The van der Waals surface area contributed by atoms with Gasteiger partial charge in [0.15, 0.2) is 0 Å². The first kappa shape index (κ1) is 10.6. The summed E-state index contributed by atoms with van der Waals surface area (Å²) in [7, 11) is 0. The first-order chi connectivity index (χ1) is 7.68. The van der Waals surface area contributed by atoms with Crippen LogP contribution in [-0.4, -0.2) is 10.9 Å². The zero-order chi connectivity index (χ0) is 11.5. The third-order valence-corrected chi connectivity index (χ3v) is 3.07. The van der Waals surface area contributed by atoms with E-state index in [1.54, 1.807) is 17.6 Å². The van der Waals surface area contributed by atoms with E-state index < -0.39 is 0 Å². The zero-order valence-corrected chi connectivity index (χ0v) is 9.54. The Morgan fingerprint density at radius 1 is 1.50 bits per heavy atom. The van der Waals surface area contributed by atoms with E-state index in [1.807, 2.05) is 19.1 Å². The molecule has 2 rings (SSSR count). The summed E-state index contributed by atoms with van der Waals surface area (Å²) >= 11 is 1.32. The number of aryl methyl sites for hydroxylation is 1. The van der Waals surface area contributed by atoms with Gasteiger partial charge in [0.1, 0.15) is 10.7 Å². The van der Waals surface area contributed by atoms with Gasteiger partial charge in [-0.05, 0) is 30.0 Å². The van der Waals surface area contributed by atoms with Crippen molar-refractivity contribution in [3.63, 3.8) is 0 Å². The van der Waals surface area contributed by atoms with Crippen LogP contribution in [0, 0.1) is 6.92 Å². The Morgan fingerprint density at radius 2 is 2.31 bits per heavy atom. The Kier molecular flexibility index (Phi) is 2.87. The number of carbonyl (C=O) groups excluding carboxylic acids is 1. The van der Waals surface area contributed by atoms with Crippen LogP contribution in [0.4, 0.5) is 11.5 Å². The van der Waals surface area contributed by atoms with E-state index in [9.17, 15) is 4.79 Å². The van der Waals surface area contributed by atoms with Gasteiger partial charge in [-0.1, -0.05) is 6.07 Å². The van der Waals surface area contributed by atoms with Gasteiger partial charge >= 0.3 is 0 Å². The van der Waals surface area contributed by atoms with Crippen molar-refractivity contribution >= 4 is 28.7 Å². The molecule has 3 N–H and O–H groups in total. The second kappa shape index (κ2) is 4.32. The maximum absolute atomic E-state index is 11.8. The van der Waals surface area contributed by atoms with E-state index in [-0.39, 0.29) is 5.91 Å². The van der Waals surface area contributed by atoms with Crippen LogP contribution in [0.3, 0.4) is 0 Å². The summed E-state index contributed by atoms with van der Waals surface area (Å²) in [6.07, 6.45) is 1.64. The molecule has 0 atom stereocenters. The van der Waals surface area contributed by atoms with Crippen molar-refractivity contribution in [2.45, 2.75) is 6.92 Å². The van der Waals surface area contributed by atoms with Crippen molar-refractivity contribution in [2.75, 3.05) is 11.1 Å². The smallest absolute Gasteiger partial charge is 0.269 e. The van der Waals surface area contributed by atoms with Crippen LogP contribution in [-0.2, 0) is 0 Å². The number of nitrogen functional groups attached to an aromatic ring is 1. The fourth-order valence-corrected chi connectivity index (χ4v) is 2.00. The zero-order valence-electron chi connectivity index (χ0n) is 8.73. The number of rotatable bonds is 2. The number of nitrogens with one attached hydrogen (secondary N) is 1. The molecule has 16 heavy (non-hydrogen) atoms. The number of anilines is 2. The highest BCUT2D eigenvalue weighted by Gasteiger charge is 2.12. The Hall–Kier alpha value is -1.88. The van der Waals surface area contributed by atoms with Crippen molar-refractivity contribution < 1.29 is 4.79 Å². The number of pyridine rings is 1. The van der Waals surface area contributed by atoms with Gasteiger partial charge in [-0.3, -0.25) is 4.79 Å². The number of hydrogen-bond acceptors (Lipinski definition) is 4. The molecule has 0 aromatic carbocycles. The number of nitrogens with two attached hydrogens (primary N) is 1. The molecule has 0 aliphatic rings. The van der Waals surface area contributed by atoms with E-state index in [1.165, 1.54) is 11.3 Å². The first-order valence-electron chi connectivity index (χ1n) is 4.74. The summed E-state index contributed by atoms with van der Waals surface area (Å²) in [5, 5.41) is 4.52. The second-order valence-corrected chi connectivity index (χ2v) is 4.24. The molecule has 5 heteroatoms. The van der Waals surface area contributed by atoms with E-state index in [0.717, 1.165) is 5.56 Å². The highest BCUT2D eigenvalue weighted by molar-refractivity contribution is 7.12. The molecular weight excluding hydrogens is 222 g/mol. The van der Waals surface area contributed by atoms with Crippen molar-refractivity contribution in [2.24, 2.45) is 0 Å². The summed E-state index contributed by atoms with van der Waals surface area (Å²) in [4.78, 5) is 16.4. The number of carbonyl (C=O) groups is 1. The van der Waals surface area contributed by atoms with Gasteiger partial charge in [0.2, 0.25) is 0 Å². The van der Waals surface area contributed by atoms with Gasteiger partial charge in [0.25, 0.3) is 5.91 Å². The molecule has 2 aromatic rings. The van der Waals surface area contributed by atoms with E-state index in [0.29, 0.717) is 16.4 Å². The summed E-state index contributed by atoms with van der Waals surface area (Å²) in [5.74, 6) is 0.356. The SMILES string of the molecule is Cc1cccnc1NC(=O)c1sccc1N. The van der Waals surface area contributed by atoms with Gasteiger partial charge in [0, 0.05) is 6.20 Å². The third-order valence-electron chi connectivity index (χ3n) is 2.14. The summed E-state index contributed by atoms with van der Waals surface area (Å²) in [6, 6.07) is 5.43. The van der Waals surface area contributed by atoms with Crippen molar-refractivity contribution in [1.29, 1.82) is 0 Å². The second-order valence-electron chi connectivity index (χ2n) is 3.33. The van der Waals surface area contributed by atoms with E-state index in [2.05, 4.69) is 10.3 Å². The van der Waals surface area contributed by atoms with Crippen molar-refractivity contribution in [3.8, 4) is 0 Å². The number of thiophene rings is 1. The molecule has 2 heterocycles. The average molecular weight is 233 g/mol. The van der Waals surface area contributed by atoms with Crippen LogP contribution >= 0.6 is 11.3 Å². The molecule has 0 saturated carbocycles. The lowest BCUT2D eigenvalue weighted by Gasteiger charge is -2.05. The van der Waals surface area contributed by atoms with Gasteiger partial charge in [0.05, 0.1) is 5.69 Å². The minimum atomic E-state index is -0.214. The molecule has 4 nitrogen and oxygen atoms in total. The molecule has 0 aliphatic heterocycles. The Balaban J connectivity index is 2.21. The number of aromatic nitrogens is 1. The summed E-state index contributed by atoms with van der Waals surface area (Å²) < 4.78 is 0. The molecule has 0 fully saturated rings. The quantitative estimate of drug-likeness (QED) is 0.836. The fraction of sp³-hybridized carbons (Fsp3) is 0.0909. The highest BCUT2D eigenvalue weighted by atomic mass is 32.1. The predicted molar refractivity (Wildman–Crippen MR) is 65.7 cm³/mol. The minimum absolute atomic E-state index is 0.214. The molecule has 0 radical (unpaired) electrons. The van der Waals surface area contributed by atoms with Crippen LogP contribution in [0.25, 0.3) is 0 Å². The lowest BCUT2D eigenvalue weighted by molar-refractivity contribution is 0.103. The molecule has 0 unspecified atom stereocenters. The van der Waals surface area contributed by atoms with Crippen LogP contribution in [0.1, 0.15) is 15.2 Å². The number of amides is 1. The monoisotopic (exact) mass is 233 g/mol. The summed E-state index contributed by atoms with van der Waals surface area (Å²) in [6.45, 7) is 1.89. The fourth-order valence-electron chi connectivity index (χ4n) is 1.28. The van der Waals surface area contributed by atoms with Crippen LogP contribution in [0.2, 0.25) is 0 Å². The summed E-state index contributed by atoms with van der Waals surface area (Å²) in [5.41, 5.74) is 7.08. The predicted octanol–water partition coefficient (Wildman–Crippen LogP) is 2.29.